The van der Waals surface area contributed by atoms with Gasteiger partial charge in [-0.25, -0.2) is 9.78 Å². The summed E-state index contributed by atoms with van der Waals surface area (Å²) in [7, 11) is 3.39. The van der Waals surface area contributed by atoms with Gasteiger partial charge in [0, 0.05) is 33.1 Å². The number of methoxy groups -OCH3 is 1. The number of hydrogen-bond donors (Lipinski definition) is 1. The summed E-state index contributed by atoms with van der Waals surface area (Å²) in [6.45, 7) is 1.12. The third kappa shape index (κ3) is 3.08. The van der Waals surface area contributed by atoms with Crippen LogP contribution < -0.4 is 5.32 Å². The average Bonchev–Trinajstić information content (AvgIpc) is 2.98. The molecular formula is C12H18N4O4. The summed E-state index contributed by atoms with van der Waals surface area (Å²) in [5.41, 5.74) is 0. The van der Waals surface area contributed by atoms with Crippen molar-refractivity contribution < 1.29 is 19.1 Å². The van der Waals surface area contributed by atoms with E-state index in [2.05, 4.69) is 10.3 Å². The number of imidazole rings is 1. The number of cyclic esters (lactones) is 1. The van der Waals surface area contributed by atoms with E-state index in [1.165, 1.54) is 4.90 Å². The molecule has 110 valence electrons. The highest BCUT2D eigenvalue weighted by molar-refractivity contribution is 5.87. The molecule has 1 aliphatic rings. The summed E-state index contributed by atoms with van der Waals surface area (Å²) in [4.78, 5) is 29.3. The van der Waals surface area contributed by atoms with Gasteiger partial charge in [0.2, 0.25) is 5.91 Å². The van der Waals surface area contributed by atoms with Crippen LogP contribution in [0, 0.1) is 0 Å². The van der Waals surface area contributed by atoms with Crippen LogP contribution in [-0.2, 0) is 27.9 Å². The monoisotopic (exact) mass is 282 g/mol. The molecule has 1 aromatic heterocycles. The SMILES string of the molecule is COCCNC(=O)[C@@H]1COC(=O)N1Cc1nccn1C. The summed E-state index contributed by atoms with van der Waals surface area (Å²) in [5, 5.41) is 2.71. The number of carbonyl (C=O) groups is 2. The van der Waals surface area contributed by atoms with Crippen molar-refractivity contribution in [1.29, 1.82) is 0 Å². The van der Waals surface area contributed by atoms with Crippen LogP contribution in [0.2, 0.25) is 0 Å². The minimum absolute atomic E-state index is 0.0576. The molecule has 0 spiro atoms. The van der Waals surface area contributed by atoms with Gasteiger partial charge < -0.3 is 19.4 Å². The number of aryl methyl sites for hydroxylation is 1. The summed E-state index contributed by atoms with van der Waals surface area (Å²) >= 11 is 0. The molecule has 1 saturated heterocycles. The molecule has 2 rings (SSSR count). The normalized spacial score (nSPS) is 18.2. The first-order valence-corrected chi connectivity index (χ1v) is 6.29. The number of nitrogens with zero attached hydrogens (tertiary/aromatic N) is 3. The number of nitrogens with one attached hydrogen (secondary N) is 1. The van der Waals surface area contributed by atoms with E-state index < -0.39 is 12.1 Å². The first-order valence-electron chi connectivity index (χ1n) is 6.29. The van der Waals surface area contributed by atoms with Crippen molar-refractivity contribution in [2.24, 2.45) is 7.05 Å². The maximum Gasteiger partial charge on any atom is 0.411 e. The van der Waals surface area contributed by atoms with Crippen LogP contribution in [0.4, 0.5) is 4.79 Å². The zero-order valence-electron chi connectivity index (χ0n) is 11.5. The Morgan fingerprint density at radius 2 is 2.45 bits per heavy atom. The first-order chi connectivity index (χ1) is 9.63. The predicted octanol–water partition coefficient (Wildman–Crippen LogP) is -0.496. The molecular weight excluding hydrogens is 264 g/mol. The van der Waals surface area contributed by atoms with Crippen molar-refractivity contribution in [3.05, 3.63) is 18.2 Å². The Balaban J connectivity index is 1.99. The smallest absolute Gasteiger partial charge is 0.411 e. The van der Waals surface area contributed by atoms with Crippen LogP contribution in [0.3, 0.4) is 0 Å². The fraction of sp³-hybridized carbons (Fsp3) is 0.583. The zero-order valence-corrected chi connectivity index (χ0v) is 11.5. The van der Waals surface area contributed by atoms with Gasteiger partial charge in [0.15, 0.2) is 0 Å². The van der Waals surface area contributed by atoms with Crippen molar-refractivity contribution in [1.82, 2.24) is 19.8 Å². The number of rotatable bonds is 6. The third-order valence-electron chi connectivity index (χ3n) is 3.12. The largest absolute Gasteiger partial charge is 0.447 e. The Kier molecular flexibility index (Phi) is 4.57. The molecule has 1 atom stereocenters. The van der Waals surface area contributed by atoms with Crippen LogP contribution in [0.1, 0.15) is 5.82 Å². The molecule has 0 unspecified atom stereocenters. The van der Waals surface area contributed by atoms with Gasteiger partial charge in [0.25, 0.3) is 0 Å². The second-order valence-corrected chi connectivity index (χ2v) is 4.46. The Morgan fingerprint density at radius 1 is 1.65 bits per heavy atom. The van der Waals surface area contributed by atoms with Gasteiger partial charge in [-0.1, -0.05) is 0 Å². The molecule has 20 heavy (non-hydrogen) atoms. The molecule has 0 saturated carbocycles. The van der Waals surface area contributed by atoms with Gasteiger partial charge in [-0.15, -0.1) is 0 Å². The van der Waals surface area contributed by atoms with E-state index in [-0.39, 0.29) is 19.1 Å². The lowest BCUT2D eigenvalue weighted by atomic mass is 10.2. The van der Waals surface area contributed by atoms with Crippen molar-refractivity contribution in [3.63, 3.8) is 0 Å². The minimum Gasteiger partial charge on any atom is -0.447 e. The number of amides is 2. The van der Waals surface area contributed by atoms with Crippen LogP contribution in [0.5, 0.6) is 0 Å². The topological polar surface area (TPSA) is 85.7 Å². The molecule has 1 aliphatic heterocycles. The Hall–Kier alpha value is -2.09. The summed E-state index contributed by atoms with van der Waals surface area (Å²) in [6.07, 6.45) is 2.93. The van der Waals surface area contributed by atoms with Gasteiger partial charge >= 0.3 is 6.09 Å². The van der Waals surface area contributed by atoms with Gasteiger partial charge in [-0.2, -0.15) is 0 Å². The fourth-order valence-electron chi connectivity index (χ4n) is 1.94. The molecule has 8 nitrogen and oxygen atoms in total. The van der Waals surface area contributed by atoms with Gasteiger partial charge in [0.05, 0.1) is 13.2 Å². The zero-order chi connectivity index (χ0) is 14.5. The molecule has 2 amide bonds. The maximum absolute atomic E-state index is 12.0. The van der Waals surface area contributed by atoms with E-state index in [1.54, 1.807) is 24.1 Å². The fourth-order valence-corrected chi connectivity index (χ4v) is 1.94. The van der Waals surface area contributed by atoms with E-state index in [4.69, 9.17) is 9.47 Å². The molecule has 0 aliphatic carbocycles. The lowest BCUT2D eigenvalue weighted by Gasteiger charge is -2.20. The third-order valence-corrected chi connectivity index (χ3v) is 3.12. The highest BCUT2D eigenvalue weighted by atomic mass is 16.6. The van der Waals surface area contributed by atoms with Crippen LogP contribution in [0.15, 0.2) is 12.4 Å². The van der Waals surface area contributed by atoms with Crippen LogP contribution in [0.25, 0.3) is 0 Å². The quantitative estimate of drug-likeness (QED) is 0.711. The minimum atomic E-state index is -0.629. The first kappa shape index (κ1) is 14.3. The summed E-state index contributed by atoms with van der Waals surface area (Å²) < 4.78 is 11.6. The highest BCUT2D eigenvalue weighted by Gasteiger charge is 2.38. The molecule has 1 N–H and O–H groups in total. The van der Waals surface area contributed by atoms with Gasteiger partial charge in [0.1, 0.15) is 18.5 Å². The Morgan fingerprint density at radius 3 is 3.10 bits per heavy atom. The van der Waals surface area contributed by atoms with E-state index in [9.17, 15) is 9.59 Å². The number of hydrogen-bond acceptors (Lipinski definition) is 5. The number of ether oxygens (including phenoxy) is 2. The average molecular weight is 282 g/mol. The highest BCUT2D eigenvalue weighted by Crippen LogP contribution is 2.15. The van der Waals surface area contributed by atoms with Gasteiger partial charge in [-0.3, -0.25) is 9.69 Å². The maximum atomic E-state index is 12.0. The molecule has 0 aromatic carbocycles. The summed E-state index contributed by atoms with van der Waals surface area (Å²) in [6, 6.07) is -0.629. The van der Waals surface area contributed by atoms with Crippen molar-refractivity contribution in [2.45, 2.75) is 12.6 Å². The number of carbonyl (C=O) groups excluding carboxylic acids is 2. The predicted molar refractivity (Wildman–Crippen MR) is 68.8 cm³/mol. The van der Waals surface area contributed by atoms with Crippen molar-refractivity contribution in [3.8, 4) is 0 Å². The number of aromatic nitrogens is 2. The summed E-state index contributed by atoms with van der Waals surface area (Å²) in [5.74, 6) is 0.445. The molecule has 0 radical (unpaired) electrons. The molecule has 8 heteroatoms. The molecule has 1 fully saturated rings. The lowest BCUT2D eigenvalue weighted by Crippen LogP contribution is -2.46. The Labute approximate surface area is 116 Å². The Bertz CT molecular complexity index is 488. The van der Waals surface area contributed by atoms with E-state index in [0.717, 1.165) is 0 Å². The standard InChI is InChI=1S/C12H18N4O4/c1-15-5-3-13-10(15)7-16-9(8-20-12(16)18)11(17)14-4-6-19-2/h3,5,9H,4,6-8H2,1-2H3,(H,14,17)/t9-/m0/s1. The van der Waals surface area contributed by atoms with E-state index in [1.807, 2.05) is 7.05 Å². The second-order valence-electron chi connectivity index (χ2n) is 4.46. The van der Waals surface area contributed by atoms with Crippen LogP contribution >= 0.6 is 0 Å². The molecule has 0 bridgehead atoms. The van der Waals surface area contributed by atoms with Gasteiger partial charge in [-0.05, 0) is 0 Å². The van der Waals surface area contributed by atoms with Crippen molar-refractivity contribution in [2.75, 3.05) is 26.9 Å². The van der Waals surface area contributed by atoms with Crippen LogP contribution in [-0.4, -0.2) is 59.4 Å². The van der Waals surface area contributed by atoms with E-state index >= 15 is 0 Å². The molecule has 1 aromatic rings. The van der Waals surface area contributed by atoms with E-state index in [0.29, 0.717) is 19.0 Å². The molecule has 2 heterocycles. The van der Waals surface area contributed by atoms with Crippen molar-refractivity contribution >= 4 is 12.0 Å². The second kappa shape index (κ2) is 6.38. The lowest BCUT2D eigenvalue weighted by molar-refractivity contribution is -0.125.